The van der Waals surface area contributed by atoms with Crippen molar-refractivity contribution in [1.82, 2.24) is 0 Å². The van der Waals surface area contributed by atoms with Crippen LogP contribution in [0.15, 0.2) is 36.4 Å². The van der Waals surface area contributed by atoms with Crippen LogP contribution in [-0.4, -0.2) is 0 Å². The summed E-state index contributed by atoms with van der Waals surface area (Å²) in [6, 6.07) is 11.8. The first-order chi connectivity index (χ1) is 7.18. The molecule has 1 radical (unpaired) electrons. The lowest BCUT2D eigenvalue weighted by Gasteiger charge is -2.05. The van der Waals surface area contributed by atoms with Gasteiger partial charge in [0.25, 0.3) is 0 Å². The predicted molar refractivity (Wildman–Crippen MR) is 55.4 cm³/mol. The molecule has 0 bridgehead atoms. The third kappa shape index (κ3) is 1.89. The van der Waals surface area contributed by atoms with E-state index in [1.165, 1.54) is 18.2 Å². The Morgan fingerprint density at radius 3 is 2.33 bits per heavy atom. The fourth-order valence-electron chi connectivity index (χ4n) is 1.52. The highest BCUT2D eigenvalue weighted by molar-refractivity contribution is 5.65. The summed E-state index contributed by atoms with van der Waals surface area (Å²) in [6.07, 6.45) is 0. The van der Waals surface area contributed by atoms with Gasteiger partial charge in [0.15, 0.2) is 0 Å². The van der Waals surface area contributed by atoms with Crippen LogP contribution in [0.25, 0.3) is 11.1 Å². The Morgan fingerprint density at radius 2 is 1.73 bits per heavy atom. The highest BCUT2D eigenvalue weighted by Gasteiger charge is 2.10. The van der Waals surface area contributed by atoms with E-state index in [0.29, 0.717) is 5.56 Å². The molecule has 0 spiro atoms. The van der Waals surface area contributed by atoms with E-state index in [2.05, 4.69) is 6.07 Å². The molecule has 0 aliphatic rings. The number of rotatable bonds is 1. The van der Waals surface area contributed by atoms with Crippen LogP contribution in [0.2, 0.25) is 0 Å². The van der Waals surface area contributed by atoms with Gasteiger partial charge in [-0.15, -0.1) is 0 Å². The minimum Gasteiger partial charge on any atom is -0.206 e. The van der Waals surface area contributed by atoms with E-state index in [4.69, 9.17) is 0 Å². The van der Waals surface area contributed by atoms with Gasteiger partial charge in [-0.05, 0) is 36.2 Å². The van der Waals surface area contributed by atoms with Gasteiger partial charge < -0.3 is 0 Å². The fourth-order valence-corrected chi connectivity index (χ4v) is 1.52. The monoisotopic (exact) mass is 203 g/mol. The molecule has 0 saturated carbocycles. The van der Waals surface area contributed by atoms with Gasteiger partial charge in [-0.1, -0.05) is 24.3 Å². The Morgan fingerprint density at radius 1 is 1.07 bits per heavy atom. The van der Waals surface area contributed by atoms with Crippen LogP contribution in [0, 0.1) is 24.6 Å². The lowest BCUT2D eigenvalue weighted by molar-refractivity contribution is 0.589. The summed E-state index contributed by atoms with van der Waals surface area (Å²) in [4.78, 5) is 0. The molecule has 0 atom stereocenters. The van der Waals surface area contributed by atoms with Crippen LogP contribution in [0.3, 0.4) is 0 Å². The van der Waals surface area contributed by atoms with Crippen LogP contribution < -0.4 is 0 Å². The number of benzene rings is 2. The molecule has 2 aromatic carbocycles. The molecule has 0 amide bonds. The summed E-state index contributed by atoms with van der Waals surface area (Å²) >= 11 is 0. The first-order valence-electron chi connectivity index (χ1n) is 4.61. The van der Waals surface area contributed by atoms with E-state index in [0.717, 1.165) is 5.56 Å². The first-order valence-corrected chi connectivity index (χ1v) is 4.61. The van der Waals surface area contributed by atoms with Crippen LogP contribution >= 0.6 is 0 Å². The highest BCUT2D eigenvalue weighted by atomic mass is 19.1. The Kier molecular flexibility index (Phi) is 2.50. The van der Waals surface area contributed by atoms with Crippen molar-refractivity contribution in [2.24, 2.45) is 0 Å². The fraction of sp³-hybridized carbons (Fsp3) is 0.0769. The van der Waals surface area contributed by atoms with Gasteiger partial charge in [-0.25, -0.2) is 8.78 Å². The second-order valence-corrected chi connectivity index (χ2v) is 3.36. The molecule has 15 heavy (non-hydrogen) atoms. The van der Waals surface area contributed by atoms with E-state index in [9.17, 15) is 8.78 Å². The SMILES string of the molecule is Cc1[c]ccc(-c2c(F)cccc2F)c1. The van der Waals surface area contributed by atoms with Gasteiger partial charge in [-0.3, -0.25) is 0 Å². The van der Waals surface area contributed by atoms with Crippen molar-refractivity contribution < 1.29 is 8.78 Å². The van der Waals surface area contributed by atoms with Gasteiger partial charge in [0, 0.05) is 0 Å². The molecule has 2 aromatic rings. The lowest BCUT2D eigenvalue weighted by atomic mass is 10.0. The molecule has 0 aromatic heterocycles. The molecule has 2 heteroatoms. The quantitative estimate of drug-likeness (QED) is 0.662. The zero-order valence-corrected chi connectivity index (χ0v) is 8.22. The molecule has 0 N–H and O–H groups in total. The summed E-state index contributed by atoms with van der Waals surface area (Å²) in [6.45, 7) is 1.84. The number of aryl methyl sites for hydroxylation is 1. The zero-order chi connectivity index (χ0) is 10.8. The maximum absolute atomic E-state index is 13.4. The number of hydrogen-bond acceptors (Lipinski definition) is 0. The van der Waals surface area contributed by atoms with Crippen LogP contribution in [0.1, 0.15) is 5.56 Å². The molecule has 0 nitrogen and oxygen atoms in total. The van der Waals surface area contributed by atoms with Crippen molar-refractivity contribution in [2.75, 3.05) is 0 Å². The van der Waals surface area contributed by atoms with E-state index < -0.39 is 11.6 Å². The molecule has 75 valence electrons. The lowest BCUT2D eigenvalue weighted by Crippen LogP contribution is -1.89. The van der Waals surface area contributed by atoms with Crippen LogP contribution in [0.4, 0.5) is 8.78 Å². The van der Waals surface area contributed by atoms with Gasteiger partial charge in [-0.2, -0.15) is 0 Å². The standard InChI is InChI=1S/C13H9F2/c1-9-4-2-5-10(8-9)13-11(14)6-3-7-12(13)15/h2-3,5-8H,1H3. The van der Waals surface area contributed by atoms with Crippen molar-refractivity contribution in [2.45, 2.75) is 6.92 Å². The molecular weight excluding hydrogens is 194 g/mol. The normalized spacial score (nSPS) is 10.3. The molecule has 0 fully saturated rings. The molecule has 0 heterocycles. The first kappa shape index (κ1) is 9.84. The van der Waals surface area contributed by atoms with Gasteiger partial charge in [0.05, 0.1) is 5.56 Å². The molecule has 0 aliphatic heterocycles. The minimum atomic E-state index is -0.541. The second kappa shape index (κ2) is 3.81. The average molecular weight is 203 g/mol. The van der Waals surface area contributed by atoms with Crippen molar-refractivity contribution in [3.63, 3.8) is 0 Å². The van der Waals surface area contributed by atoms with Crippen molar-refractivity contribution >= 4 is 0 Å². The maximum atomic E-state index is 13.4. The summed E-state index contributed by atoms with van der Waals surface area (Å²) in [7, 11) is 0. The number of halogens is 2. The Bertz CT molecular complexity index is 469. The minimum absolute atomic E-state index is 0.0228. The Balaban J connectivity index is 2.63. The third-order valence-corrected chi connectivity index (χ3v) is 2.20. The maximum Gasteiger partial charge on any atom is 0.133 e. The van der Waals surface area contributed by atoms with Crippen molar-refractivity contribution in [3.8, 4) is 11.1 Å². The zero-order valence-electron chi connectivity index (χ0n) is 8.22. The largest absolute Gasteiger partial charge is 0.206 e. The predicted octanol–water partition coefficient (Wildman–Crippen LogP) is 3.74. The average Bonchev–Trinajstić information content (AvgIpc) is 2.17. The molecule has 0 unspecified atom stereocenters. The summed E-state index contributed by atoms with van der Waals surface area (Å²) in [5.41, 5.74) is 1.42. The van der Waals surface area contributed by atoms with Crippen molar-refractivity contribution in [1.29, 1.82) is 0 Å². The number of hydrogen-bond donors (Lipinski definition) is 0. The summed E-state index contributed by atoms with van der Waals surface area (Å²) in [5, 5.41) is 0. The van der Waals surface area contributed by atoms with Gasteiger partial charge >= 0.3 is 0 Å². The van der Waals surface area contributed by atoms with Crippen LogP contribution in [-0.2, 0) is 0 Å². The second-order valence-electron chi connectivity index (χ2n) is 3.36. The molecule has 0 aliphatic carbocycles. The van der Waals surface area contributed by atoms with E-state index in [1.54, 1.807) is 18.2 Å². The topological polar surface area (TPSA) is 0 Å². The smallest absolute Gasteiger partial charge is 0.133 e. The van der Waals surface area contributed by atoms with Gasteiger partial charge in [0.1, 0.15) is 11.6 Å². The summed E-state index contributed by atoms with van der Waals surface area (Å²) in [5.74, 6) is -1.08. The van der Waals surface area contributed by atoms with Gasteiger partial charge in [0.2, 0.25) is 0 Å². The van der Waals surface area contributed by atoms with E-state index in [-0.39, 0.29) is 5.56 Å². The van der Waals surface area contributed by atoms with Crippen molar-refractivity contribution in [3.05, 3.63) is 59.7 Å². The summed E-state index contributed by atoms with van der Waals surface area (Å²) < 4.78 is 26.8. The van der Waals surface area contributed by atoms with Crippen LogP contribution in [0.5, 0.6) is 0 Å². The third-order valence-electron chi connectivity index (χ3n) is 2.20. The molecule has 0 saturated heterocycles. The Hall–Kier alpha value is -1.70. The molecule has 2 rings (SSSR count). The van der Waals surface area contributed by atoms with E-state index in [1.807, 2.05) is 6.92 Å². The molecular formula is C13H9F2. The highest BCUT2D eigenvalue weighted by Crippen LogP contribution is 2.26. The van der Waals surface area contributed by atoms with E-state index >= 15 is 0 Å². The Labute approximate surface area is 87.2 Å².